The Morgan fingerprint density at radius 1 is 1.41 bits per heavy atom. The van der Waals surface area contributed by atoms with Gasteiger partial charge in [-0.15, -0.1) is 5.10 Å². The van der Waals surface area contributed by atoms with Gasteiger partial charge in [-0.3, -0.25) is 0 Å². The molecule has 1 aromatic heterocycles. The molecule has 0 unspecified atom stereocenters. The molecule has 0 spiro atoms. The number of ether oxygens (including phenoxy) is 1. The van der Waals surface area contributed by atoms with Gasteiger partial charge in [-0.25, -0.2) is 14.0 Å². The predicted molar refractivity (Wildman–Crippen MR) is 65.1 cm³/mol. The van der Waals surface area contributed by atoms with Crippen LogP contribution in [0.1, 0.15) is 5.56 Å². The van der Waals surface area contributed by atoms with E-state index in [1.807, 2.05) is 19.1 Å². The van der Waals surface area contributed by atoms with Crippen molar-refractivity contribution in [2.45, 2.75) is 6.92 Å². The zero-order chi connectivity index (χ0) is 12.6. The van der Waals surface area contributed by atoms with E-state index >= 15 is 0 Å². The second kappa shape index (κ2) is 4.25. The molecule has 1 aromatic carbocycles. The number of benzene rings is 1. The number of halogens is 1. The van der Waals surface area contributed by atoms with Gasteiger partial charge in [0, 0.05) is 7.05 Å². The van der Waals surface area contributed by atoms with E-state index in [0.717, 1.165) is 5.56 Å². The Morgan fingerprint density at radius 3 is 2.65 bits per heavy atom. The standard InChI is InChI=1S/C11H12ClN3O2/c1-7-5-4-6-8(17-3)9(7)15-10(12)13-14(2)11(15)16/h4-6H,1-3H3. The molecule has 0 N–H and O–H groups in total. The van der Waals surface area contributed by atoms with Gasteiger partial charge in [0.05, 0.1) is 12.8 Å². The molecule has 0 aliphatic carbocycles. The van der Waals surface area contributed by atoms with Gasteiger partial charge in [-0.1, -0.05) is 12.1 Å². The third-order valence-electron chi connectivity index (χ3n) is 2.53. The van der Waals surface area contributed by atoms with Crippen molar-refractivity contribution < 1.29 is 4.74 Å². The minimum absolute atomic E-state index is 0.116. The van der Waals surface area contributed by atoms with Crippen LogP contribution in [-0.2, 0) is 7.05 Å². The average molecular weight is 254 g/mol. The molecule has 0 saturated heterocycles. The molecule has 0 atom stereocenters. The summed E-state index contributed by atoms with van der Waals surface area (Å²) in [4.78, 5) is 11.9. The van der Waals surface area contributed by atoms with Gasteiger partial charge in [0.25, 0.3) is 0 Å². The summed E-state index contributed by atoms with van der Waals surface area (Å²) in [5.74, 6) is 0.585. The molecule has 1 heterocycles. The molecule has 0 radical (unpaired) electrons. The third kappa shape index (κ3) is 1.82. The molecule has 5 nitrogen and oxygen atoms in total. The Balaban J connectivity index is 2.81. The molecule has 17 heavy (non-hydrogen) atoms. The lowest BCUT2D eigenvalue weighted by Crippen LogP contribution is -2.22. The van der Waals surface area contributed by atoms with Gasteiger partial charge in [-0.2, -0.15) is 0 Å². The first-order valence-corrected chi connectivity index (χ1v) is 5.39. The van der Waals surface area contributed by atoms with Crippen LogP contribution in [0, 0.1) is 6.92 Å². The molecule has 0 bridgehead atoms. The van der Waals surface area contributed by atoms with E-state index < -0.39 is 0 Å². The van der Waals surface area contributed by atoms with Crippen LogP contribution in [-0.4, -0.2) is 21.5 Å². The smallest absolute Gasteiger partial charge is 0.351 e. The fraction of sp³-hybridized carbons (Fsp3) is 0.273. The van der Waals surface area contributed by atoms with Crippen molar-refractivity contribution in [3.8, 4) is 11.4 Å². The maximum atomic E-state index is 11.9. The van der Waals surface area contributed by atoms with Gasteiger partial charge < -0.3 is 4.74 Å². The molecule has 0 aliphatic heterocycles. The van der Waals surface area contributed by atoms with Crippen LogP contribution in [0.15, 0.2) is 23.0 Å². The van der Waals surface area contributed by atoms with Crippen LogP contribution in [0.3, 0.4) is 0 Å². The van der Waals surface area contributed by atoms with Crippen LogP contribution in [0.25, 0.3) is 5.69 Å². The molecule has 0 fully saturated rings. The minimum atomic E-state index is -0.303. The van der Waals surface area contributed by atoms with Gasteiger partial charge in [0.15, 0.2) is 0 Å². The Bertz CT molecular complexity index is 616. The number of hydrogen-bond donors (Lipinski definition) is 0. The SMILES string of the molecule is COc1cccc(C)c1-n1c(Cl)nn(C)c1=O. The third-order valence-corrected chi connectivity index (χ3v) is 2.77. The minimum Gasteiger partial charge on any atom is -0.495 e. The number of aromatic nitrogens is 3. The summed E-state index contributed by atoms with van der Waals surface area (Å²) in [7, 11) is 3.10. The van der Waals surface area contributed by atoms with E-state index in [4.69, 9.17) is 16.3 Å². The van der Waals surface area contributed by atoms with Crippen LogP contribution < -0.4 is 10.4 Å². The van der Waals surface area contributed by atoms with Crippen molar-refractivity contribution in [3.63, 3.8) is 0 Å². The van der Waals surface area contributed by atoms with Crippen LogP contribution in [0.5, 0.6) is 5.75 Å². The largest absolute Gasteiger partial charge is 0.495 e. The summed E-state index contributed by atoms with van der Waals surface area (Å²) < 4.78 is 7.76. The summed E-state index contributed by atoms with van der Waals surface area (Å²) in [6.45, 7) is 1.88. The molecule has 90 valence electrons. The quantitative estimate of drug-likeness (QED) is 0.816. The summed E-state index contributed by atoms with van der Waals surface area (Å²) in [5.41, 5.74) is 1.21. The first-order chi connectivity index (χ1) is 8.06. The summed E-state index contributed by atoms with van der Waals surface area (Å²) >= 11 is 5.96. The number of aryl methyl sites for hydroxylation is 2. The molecule has 2 aromatic rings. The van der Waals surface area contributed by atoms with Crippen LogP contribution in [0.4, 0.5) is 0 Å². The first kappa shape index (κ1) is 11.7. The number of para-hydroxylation sites is 1. The summed E-state index contributed by atoms with van der Waals surface area (Å²) in [5, 5.41) is 4.00. The zero-order valence-corrected chi connectivity index (χ0v) is 10.5. The Kier molecular flexibility index (Phi) is 2.93. The predicted octanol–water partition coefficient (Wildman–Crippen LogP) is 1.54. The molecule has 2 rings (SSSR count). The van der Waals surface area contributed by atoms with Gasteiger partial charge in [0.2, 0.25) is 5.28 Å². The van der Waals surface area contributed by atoms with Crippen molar-refractivity contribution in [2.75, 3.05) is 7.11 Å². The average Bonchev–Trinajstić information content (AvgIpc) is 2.54. The van der Waals surface area contributed by atoms with E-state index in [1.165, 1.54) is 9.25 Å². The highest BCUT2D eigenvalue weighted by Crippen LogP contribution is 2.26. The van der Waals surface area contributed by atoms with E-state index in [1.54, 1.807) is 20.2 Å². The zero-order valence-electron chi connectivity index (χ0n) is 9.77. The van der Waals surface area contributed by atoms with Crippen molar-refractivity contribution in [1.82, 2.24) is 14.3 Å². The molecular formula is C11H12ClN3O2. The fourth-order valence-corrected chi connectivity index (χ4v) is 1.98. The number of rotatable bonds is 2. The van der Waals surface area contributed by atoms with Crippen molar-refractivity contribution >= 4 is 11.6 Å². The lowest BCUT2D eigenvalue weighted by molar-refractivity contribution is 0.412. The number of hydrogen-bond acceptors (Lipinski definition) is 3. The van der Waals surface area contributed by atoms with Crippen molar-refractivity contribution in [2.24, 2.45) is 7.05 Å². The molecule has 0 saturated carbocycles. The second-order valence-electron chi connectivity index (χ2n) is 3.64. The number of methoxy groups -OCH3 is 1. The Morgan fingerprint density at radius 2 is 2.12 bits per heavy atom. The van der Waals surface area contributed by atoms with E-state index in [9.17, 15) is 4.79 Å². The number of nitrogens with zero attached hydrogens (tertiary/aromatic N) is 3. The van der Waals surface area contributed by atoms with Crippen LogP contribution >= 0.6 is 11.6 Å². The lowest BCUT2D eigenvalue weighted by Gasteiger charge is -2.11. The van der Waals surface area contributed by atoms with E-state index in [2.05, 4.69) is 5.10 Å². The maximum Gasteiger partial charge on any atom is 0.351 e. The van der Waals surface area contributed by atoms with Crippen molar-refractivity contribution in [1.29, 1.82) is 0 Å². The second-order valence-corrected chi connectivity index (χ2v) is 3.97. The van der Waals surface area contributed by atoms with Gasteiger partial charge >= 0.3 is 5.69 Å². The highest BCUT2D eigenvalue weighted by Gasteiger charge is 2.16. The monoisotopic (exact) mass is 253 g/mol. The van der Waals surface area contributed by atoms with Crippen LogP contribution in [0.2, 0.25) is 5.28 Å². The molecule has 0 amide bonds. The molecule has 0 aliphatic rings. The highest BCUT2D eigenvalue weighted by molar-refractivity contribution is 6.28. The molecule has 6 heteroatoms. The summed E-state index contributed by atoms with van der Waals surface area (Å²) in [6.07, 6.45) is 0. The topological polar surface area (TPSA) is 49.0 Å². The van der Waals surface area contributed by atoms with Gasteiger partial charge in [0.1, 0.15) is 5.75 Å². The lowest BCUT2D eigenvalue weighted by atomic mass is 10.2. The van der Waals surface area contributed by atoms with E-state index in [-0.39, 0.29) is 11.0 Å². The summed E-state index contributed by atoms with van der Waals surface area (Å²) in [6, 6.07) is 5.51. The Labute approximate surface area is 103 Å². The maximum absolute atomic E-state index is 11.9. The molecular weight excluding hydrogens is 242 g/mol. The first-order valence-electron chi connectivity index (χ1n) is 5.01. The van der Waals surface area contributed by atoms with Gasteiger partial charge in [-0.05, 0) is 30.2 Å². The Hall–Kier alpha value is -1.75. The fourth-order valence-electron chi connectivity index (χ4n) is 1.71. The normalized spacial score (nSPS) is 10.6. The van der Waals surface area contributed by atoms with E-state index in [0.29, 0.717) is 11.4 Å². The van der Waals surface area contributed by atoms with Crippen molar-refractivity contribution in [3.05, 3.63) is 39.5 Å². The highest BCUT2D eigenvalue weighted by atomic mass is 35.5.